The minimum absolute atomic E-state index is 0.0363. The van der Waals surface area contributed by atoms with E-state index in [0.29, 0.717) is 30.1 Å². The minimum atomic E-state index is -0.0796. The van der Waals surface area contributed by atoms with Crippen molar-refractivity contribution in [2.24, 2.45) is 11.7 Å². The summed E-state index contributed by atoms with van der Waals surface area (Å²) < 4.78 is 0. The van der Waals surface area contributed by atoms with Crippen molar-refractivity contribution in [1.29, 1.82) is 0 Å². The molecule has 0 radical (unpaired) electrons. The van der Waals surface area contributed by atoms with Crippen LogP contribution in [-0.4, -0.2) is 35.1 Å². The van der Waals surface area contributed by atoms with Crippen LogP contribution in [0.3, 0.4) is 0 Å². The summed E-state index contributed by atoms with van der Waals surface area (Å²) in [7, 11) is 1.11. The zero-order chi connectivity index (χ0) is 17.3. The van der Waals surface area contributed by atoms with Crippen molar-refractivity contribution in [2.75, 3.05) is 0 Å². The lowest BCUT2D eigenvalue weighted by Crippen LogP contribution is -2.59. The zero-order valence-corrected chi connectivity index (χ0v) is 16.0. The average Bonchev–Trinajstić information content (AvgIpc) is 2.45. The lowest BCUT2D eigenvalue weighted by atomic mass is 9.47. The Bertz CT molecular complexity index is 418. The van der Waals surface area contributed by atoms with Crippen LogP contribution in [0, 0.1) is 5.92 Å². The number of hydrogen-bond donors (Lipinski definition) is 1. The van der Waals surface area contributed by atoms with Gasteiger partial charge in [0.1, 0.15) is 7.28 Å². The Morgan fingerprint density at radius 3 is 2.52 bits per heavy atom. The second-order valence-electron chi connectivity index (χ2n) is 9.56. The first-order chi connectivity index (χ1) is 10.6. The van der Waals surface area contributed by atoms with Gasteiger partial charge in [-0.3, -0.25) is 4.79 Å². The lowest BCUT2D eigenvalue weighted by molar-refractivity contribution is -0.146. The highest BCUT2D eigenvalue weighted by atomic mass is 16.2. The van der Waals surface area contributed by atoms with E-state index in [-0.39, 0.29) is 11.0 Å². The number of carbonyl (C=O) groups is 1. The number of rotatable bonds is 2. The maximum atomic E-state index is 12.6. The molecule has 2 rings (SSSR count). The molecule has 3 nitrogen and oxygen atoms in total. The van der Waals surface area contributed by atoms with E-state index >= 15 is 0 Å². The zero-order valence-electron chi connectivity index (χ0n) is 16.0. The first-order valence-corrected chi connectivity index (χ1v) is 9.73. The van der Waals surface area contributed by atoms with Crippen molar-refractivity contribution in [2.45, 2.75) is 109 Å². The molecule has 0 bridgehead atoms. The predicted molar refractivity (Wildman–Crippen MR) is 100.0 cm³/mol. The molecule has 1 amide bonds. The number of piperidine rings is 1. The van der Waals surface area contributed by atoms with Crippen molar-refractivity contribution < 1.29 is 4.79 Å². The summed E-state index contributed by atoms with van der Waals surface area (Å²) in [5.74, 6) is 1.57. The SMILES string of the molecule is CC(C)BC1(N)CCCCCC2C(CCC(=O)N2C(C)(C)C)C1. The highest BCUT2D eigenvalue weighted by molar-refractivity contribution is 6.41. The van der Waals surface area contributed by atoms with Crippen molar-refractivity contribution >= 4 is 13.2 Å². The van der Waals surface area contributed by atoms with Crippen molar-refractivity contribution in [3.63, 3.8) is 0 Å². The molecule has 3 unspecified atom stereocenters. The summed E-state index contributed by atoms with van der Waals surface area (Å²) in [4.78, 5) is 14.8. The third-order valence-corrected chi connectivity index (χ3v) is 5.75. The van der Waals surface area contributed by atoms with Crippen LogP contribution in [-0.2, 0) is 4.79 Å². The second-order valence-corrected chi connectivity index (χ2v) is 9.56. The maximum absolute atomic E-state index is 12.6. The van der Waals surface area contributed by atoms with E-state index in [1.807, 2.05) is 0 Å². The first-order valence-electron chi connectivity index (χ1n) is 9.73. The summed E-state index contributed by atoms with van der Waals surface area (Å²) in [5, 5.41) is 0. The molecular weight excluding hydrogens is 283 g/mol. The second kappa shape index (κ2) is 7.17. The molecule has 1 saturated heterocycles. The van der Waals surface area contributed by atoms with Gasteiger partial charge in [-0.25, -0.2) is 0 Å². The summed E-state index contributed by atoms with van der Waals surface area (Å²) >= 11 is 0. The number of hydrogen-bond acceptors (Lipinski definition) is 2. The Balaban J connectivity index is 2.26. The number of fused-ring (bicyclic) bond motifs is 1. The fraction of sp³-hybridized carbons (Fsp3) is 0.947. The molecule has 23 heavy (non-hydrogen) atoms. The molecule has 1 heterocycles. The van der Waals surface area contributed by atoms with Crippen LogP contribution in [0.2, 0.25) is 5.82 Å². The number of nitrogens with zero attached hydrogens (tertiary/aromatic N) is 1. The average molecular weight is 320 g/mol. The Labute approximate surface area is 144 Å². The molecule has 1 aliphatic heterocycles. The van der Waals surface area contributed by atoms with Crippen LogP contribution in [0.25, 0.3) is 0 Å². The van der Waals surface area contributed by atoms with E-state index < -0.39 is 0 Å². The smallest absolute Gasteiger partial charge is 0.223 e. The number of likely N-dealkylation sites (tertiary alicyclic amines) is 1. The fourth-order valence-electron chi connectivity index (χ4n) is 5.12. The molecule has 2 aliphatic rings. The van der Waals surface area contributed by atoms with E-state index in [1.165, 1.54) is 19.3 Å². The molecular formula is C19H37BN2O. The van der Waals surface area contributed by atoms with E-state index in [9.17, 15) is 4.79 Å². The van der Waals surface area contributed by atoms with E-state index in [1.54, 1.807) is 0 Å². The summed E-state index contributed by atoms with van der Waals surface area (Å²) in [5.41, 5.74) is 6.78. The molecule has 0 aromatic carbocycles. The van der Waals surface area contributed by atoms with E-state index in [4.69, 9.17) is 5.73 Å². The van der Waals surface area contributed by atoms with Crippen LogP contribution in [0.5, 0.6) is 0 Å². The third-order valence-electron chi connectivity index (χ3n) is 5.75. The normalized spacial score (nSPS) is 33.7. The van der Waals surface area contributed by atoms with Gasteiger partial charge in [-0.1, -0.05) is 38.9 Å². The van der Waals surface area contributed by atoms with Gasteiger partial charge in [-0.05, 0) is 57.8 Å². The Hall–Kier alpha value is -0.505. The van der Waals surface area contributed by atoms with Gasteiger partial charge < -0.3 is 10.6 Å². The van der Waals surface area contributed by atoms with Gasteiger partial charge >= 0.3 is 0 Å². The fourth-order valence-corrected chi connectivity index (χ4v) is 5.12. The van der Waals surface area contributed by atoms with Crippen LogP contribution in [0.1, 0.15) is 86.0 Å². The topological polar surface area (TPSA) is 46.3 Å². The molecule has 132 valence electrons. The summed E-state index contributed by atoms with van der Waals surface area (Å²) in [6.45, 7) is 11.1. The quantitative estimate of drug-likeness (QED) is 0.789. The number of amides is 1. The lowest BCUT2D eigenvalue weighted by Gasteiger charge is -2.50. The van der Waals surface area contributed by atoms with Gasteiger partial charge in [0.25, 0.3) is 0 Å². The number of carbonyl (C=O) groups excluding carboxylic acids is 1. The third kappa shape index (κ3) is 4.74. The van der Waals surface area contributed by atoms with Crippen molar-refractivity contribution in [1.82, 2.24) is 4.90 Å². The number of nitrogens with two attached hydrogens (primary N) is 1. The van der Waals surface area contributed by atoms with Gasteiger partial charge in [0.15, 0.2) is 0 Å². The molecule has 0 spiro atoms. The van der Waals surface area contributed by atoms with Crippen LogP contribution in [0.15, 0.2) is 0 Å². The monoisotopic (exact) mass is 320 g/mol. The molecule has 2 N–H and O–H groups in total. The van der Waals surface area contributed by atoms with E-state index in [0.717, 1.165) is 33.0 Å². The van der Waals surface area contributed by atoms with Gasteiger partial charge in [0.2, 0.25) is 5.91 Å². The molecule has 3 atom stereocenters. The van der Waals surface area contributed by atoms with Crippen molar-refractivity contribution in [3.05, 3.63) is 0 Å². The molecule has 1 saturated carbocycles. The van der Waals surface area contributed by atoms with Crippen molar-refractivity contribution in [3.8, 4) is 0 Å². The van der Waals surface area contributed by atoms with Crippen LogP contribution < -0.4 is 5.73 Å². The molecule has 4 heteroatoms. The highest BCUT2D eigenvalue weighted by Gasteiger charge is 2.43. The predicted octanol–water partition coefficient (Wildman–Crippen LogP) is 3.67. The Morgan fingerprint density at radius 1 is 1.22 bits per heavy atom. The highest BCUT2D eigenvalue weighted by Crippen LogP contribution is 2.39. The van der Waals surface area contributed by atoms with Gasteiger partial charge in [0.05, 0.1) is 0 Å². The Kier molecular flexibility index (Phi) is 5.87. The molecule has 0 aromatic heterocycles. The van der Waals surface area contributed by atoms with Gasteiger partial charge in [-0.2, -0.15) is 0 Å². The summed E-state index contributed by atoms with van der Waals surface area (Å²) in [6, 6.07) is 0.393. The standard InChI is InChI=1S/C19H37BN2O/c1-14(2)20-19(21)12-8-6-7-9-16-15(13-19)10-11-17(23)22(16)18(3,4)5/h14-16,20H,6-13,21H2,1-5H3. The maximum Gasteiger partial charge on any atom is 0.223 e. The molecule has 2 fully saturated rings. The van der Waals surface area contributed by atoms with Crippen LogP contribution >= 0.6 is 0 Å². The van der Waals surface area contributed by atoms with Crippen LogP contribution in [0.4, 0.5) is 0 Å². The van der Waals surface area contributed by atoms with Gasteiger partial charge in [-0.15, -0.1) is 0 Å². The Morgan fingerprint density at radius 2 is 1.91 bits per heavy atom. The van der Waals surface area contributed by atoms with E-state index in [2.05, 4.69) is 39.5 Å². The molecule has 0 aromatic rings. The van der Waals surface area contributed by atoms with Gasteiger partial charge in [0, 0.05) is 18.0 Å². The summed E-state index contributed by atoms with van der Waals surface area (Å²) in [6.07, 6.45) is 8.87. The largest absolute Gasteiger partial charge is 0.335 e. The first kappa shape index (κ1) is 18.8. The minimum Gasteiger partial charge on any atom is -0.335 e. The molecule has 1 aliphatic carbocycles.